The van der Waals surface area contributed by atoms with Crippen molar-refractivity contribution >= 4 is 5.96 Å². The van der Waals surface area contributed by atoms with Gasteiger partial charge in [0.15, 0.2) is 5.96 Å². The first-order valence-corrected chi connectivity index (χ1v) is 7.14. The Morgan fingerprint density at radius 1 is 1.37 bits per heavy atom. The summed E-state index contributed by atoms with van der Waals surface area (Å²) in [5.74, 6) is 2.67. The quantitative estimate of drug-likeness (QED) is 0.624. The molecule has 0 spiro atoms. The van der Waals surface area contributed by atoms with Gasteiger partial charge in [0.25, 0.3) is 0 Å². The maximum Gasteiger partial charge on any atom is 0.188 e. The standard InChI is InChI=1S/C13H24N6/c1-10(2)16-13(14)15-8-7-12-18-17-11-6-4-3-5-9-19(11)12/h10H,3-9H2,1-2H3,(H3,14,15,16). The van der Waals surface area contributed by atoms with Crippen LogP contribution in [0.5, 0.6) is 0 Å². The number of aromatic nitrogens is 3. The smallest absolute Gasteiger partial charge is 0.188 e. The molecule has 1 aromatic rings. The van der Waals surface area contributed by atoms with Crippen molar-refractivity contribution in [2.24, 2.45) is 10.7 Å². The summed E-state index contributed by atoms with van der Waals surface area (Å²) < 4.78 is 2.26. The minimum absolute atomic E-state index is 0.313. The van der Waals surface area contributed by atoms with Crippen LogP contribution in [0, 0.1) is 0 Å². The van der Waals surface area contributed by atoms with Crippen LogP contribution in [-0.4, -0.2) is 33.3 Å². The minimum atomic E-state index is 0.313. The van der Waals surface area contributed by atoms with Gasteiger partial charge >= 0.3 is 0 Å². The third-order valence-electron chi connectivity index (χ3n) is 3.24. The predicted molar refractivity (Wildman–Crippen MR) is 76.0 cm³/mol. The SMILES string of the molecule is CC(C)NC(N)=NCCc1nnc2n1CCCCC2. The molecule has 19 heavy (non-hydrogen) atoms. The molecule has 1 aliphatic rings. The van der Waals surface area contributed by atoms with E-state index in [0.29, 0.717) is 18.5 Å². The van der Waals surface area contributed by atoms with Crippen LogP contribution in [0.15, 0.2) is 4.99 Å². The number of nitrogens with two attached hydrogens (primary N) is 1. The fourth-order valence-corrected chi connectivity index (χ4v) is 2.35. The molecule has 6 heteroatoms. The van der Waals surface area contributed by atoms with Gasteiger partial charge < -0.3 is 15.6 Å². The third-order valence-corrected chi connectivity index (χ3v) is 3.24. The number of guanidine groups is 1. The van der Waals surface area contributed by atoms with E-state index in [9.17, 15) is 0 Å². The van der Waals surface area contributed by atoms with Crippen LogP contribution >= 0.6 is 0 Å². The maximum absolute atomic E-state index is 5.77. The lowest BCUT2D eigenvalue weighted by Crippen LogP contribution is -2.36. The van der Waals surface area contributed by atoms with Gasteiger partial charge in [-0.15, -0.1) is 10.2 Å². The molecular weight excluding hydrogens is 240 g/mol. The summed E-state index contributed by atoms with van der Waals surface area (Å²) in [5.41, 5.74) is 5.77. The molecule has 106 valence electrons. The topological polar surface area (TPSA) is 81.1 Å². The van der Waals surface area contributed by atoms with Crippen molar-refractivity contribution in [2.75, 3.05) is 6.54 Å². The zero-order chi connectivity index (χ0) is 13.7. The summed E-state index contributed by atoms with van der Waals surface area (Å²) in [5, 5.41) is 11.6. The summed E-state index contributed by atoms with van der Waals surface area (Å²) >= 11 is 0. The van der Waals surface area contributed by atoms with E-state index in [0.717, 1.165) is 31.0 Å². The summed E-state index contributed by atoms with van der Waals surface area (Å²) in [6, 6.07) is 0.313. The van der Waals surface area contributed by atoms with Gasteiger partial charge in [-0.3, -0.25) is 4.99 Å². The normalized spacial score (nSPS) is 16.3. The number of nitrogens with one attached hydrogen (secondary N) is 1. The highest BCUT2D eigenvalue weighted by atomic mass is 15.3. The molecule has 1 aliphatic heterocycles. The van der Waals surface area contributed by atoms with E-state index in [4.69, 9.17) is 5.73 Å². The molecule has 0 saturated carbocycles. The fraction of sp³-hybridized carbons (Fsp3) is 0.769. The fourth-order valence-electron chi connectivity index (χ4n) is 2.35. The molecular formula is C13H24N6. The zero-order valence-electron chi connectivity index (χ0n) is 11.9. The van der Waals surface area contributed by atoms with Gasteiger partial charge in [0.05, 0.1) is 0 Å². The van der Waals surface area contributed by atoms with E-state index in [2.05, 4.69) is 25.1 Å². The molecule has 0 radical (unpaired) electrons. The Labute approximate surface area is 114 Å². The van der Waals surface area contributed by atoms with Gasteiger partial charge in [-0.1, -0.05) is 6.42 Å². The Kier molecular flexibility index (Phi) is 4.76. The number of nitrogens with zero attached hydrogens (tertiary/aromatic N) is 4. The molecule has 1 aromatic heterocycles. The van der Waals surface area contributed by atoms with Gasteiger partial charge in [0.2, 0.25) is 0 Å². The second-order valence-electron chi connectivity index (χ2n) is 5.31. The van der Waals surface area contributed by atoms with Crippen molar-refractivity contribution in [2.45, 2.75) is 58.5 Å². The third kappa shape index (κ3) is 3.94. The van der Waals surface area contributed by atoms with Gasteiger partial charge in [0, 0.05) is 32.0 Å². The monoisotopic (exact) mass is 264 g/mol. The average Bonchev–Trinajstić information content (AvgIpc) is 2.58. The van der Waals surface area contributed by atoms with Crippen molar-refractivity contribution in [3.8, 4) is 0 Å². The summed E-state index contributed by atoms with van der Waals surface area (Å²) in [7, 11) is 0. The molecule has 0 aliphatic carbocycles. The number of fused-ring (bicyclic) bond motifs is 1. The summed E-state index contributed by atoms with van der Waals surface area (Å²) in [6.07, 6.45) is 5.58. The van der Waals surface area contributed by atoms with E-state index in [1.54, 1.807) is 0 Å². The first-order valence-electron chi connectivity index (χ1n) is 7.14. The highest BCUT2D eigenvalue weighted by Gasteiger charge is 2.13. The van der Waals surface area contributed by atoms with Gasteiger partial charge in [-0.2, -0.15) is 0 Å². The Morgan fingerprint density at radius 3 is 3.00 bits per heavy atom. The van der Waals surface area contributed by atoms with Crippen LogP contribution in [0.3, 0.4) is 0 Å². The molecule has 2 rings (SSSR count). The Hall–Kier alpha value is -1.59. The largest absolute Gasteiger partial charge is 0.370 e. The first-order chi connectivity index (χ1) is 9.16. The molecule has 0 fully saturated rings. The van der Waals surface area contributed by atoms with Crippen LogP contribution in [0.25, 0.3) is 0 Å². The second kappa shape index (κ2) is 6.54. The van der Waals surface area contributed by atoms with E-state index in [-0.39, 0.29) is 0 Å². The molecule has 0 saturated heterocycles. The first kappa shape index (κ1) is 13.8. The lowest BCUT2D eigenvalue weighted by Gasteiger charge is -2.08. The number of aliphatic imine (C=N–C) groups is 1. The number of aryl methyl sites for hydroxylation is 1. The van der Waals surface area contributed by atoms with E-state index < -0.39 is 0 Å². The Bertz CT molecular complexity index is 434. The van der Waals surface area contributed by atoms with Gasteiger partial charge in [-0.25, -0.2) is 0 Å². The van der Waals surface area contributed by atoms with E-state index in [1.807, 2.05) is 13.8 Å². The summed E-state index contributed by atoms with van der Waals surface area (Å²) in [4.78, 5) is 4.31. The molecule has 0 atom stereocenters. The Morgan fingerprint density at radius 2 is 2.21 bits per heavy atom. The van der Waals surface area contributed by atoms with Crippen LogP contribution in [-0.2, 0) is 19.4 Å². The minimum Gasteiger partial charge on any atom is -0.370 e. The highest BCUT2D eigenvalue weighted by Crippen LogP contribution is 2.14. The molecule has 3 N–H and O–H groups in total. The Balaban J connectivity index is 1.91. The molecule has 6 nitrogen and oxygen atoms in total. The van der Waals surface area contributed by atoms with E-state index >= 15 is 0 Å². The average molecular weight is 264 g/mol. The van der Waals surface area contributed by atoms with Crippen LogP contribution < -0.4 is 11.1 Å². The molecule has 0 unspecified atom stereocenters. The van der Waals surface area contributed by atoms with Crippen molar-refractivity contribution in [3.05, 3.63) is 11.6 Å². The van der Waals surface area contributed by atoms with Crippen molar-refractivity contribution < 1.29 is 0 Å². The lowest BCUT2D eigenvalue weighted by atomic mass is 10.2. The number of hydrogen-bond acceptors (Lipinski definition) is 3. The van der Waals surface area contributed by atoms with Gasteiger partial charge in [-0.05, 0) is 26.7 Å². The number of rotatable bonds is 4. The van der Waals surface area contributed by atoms with Crippen molar-refractivity contribution in [3.63, 3.8) is 0 Å². The molecule has 0 aromatic carbocycles. The predicted octanol–water partition coefficient (Wildman–Crippen LogP) is 0.860. The highest BCUT2D eigenvalue weighted by molar-refractivity contribution is 5.78. The van der Waals surface area contributed by atoms with Crippen LogP contribution in [0.1, 0.15) is 44.8 Å². The maximum atomic E-state index is 5.77. The summed E-state index contributed by atoms with van der Waals surface area (Å²) in [6.45, 7) is 5.78. The van der Waals surface area contributed by atoms with Crippen LogP contribution in [0.2, 0.25) is 0 Å². The van der Waals surface area contributed by atoms with E-state index in [1.165, 1.54) is 19.3 Å². The van der Waals surface area contributed by atoms with Crippen molar-refractivity contribution in [1.29, 1.82) is 0 Å². The number of hydrogen-bond donors (Lipinski definition) is 2. The lowest BCUT2D eigenvalue weighted by molar-refractivity contribution is 0.604. The molecule has 0 amide bonds. The molecule has 0 bridgehead atoms. The zero-order valence-corrected chi connectivity index (χ0v) is 11.9. The van der Waals surface area contributed by atoms with Gasteiger partial charge in [0.1, 0.15) is 11.6 Å². The molecule has 2 heterocycles. The van der Waals surface area contributed by atoms with Crippen LogP contribution in [0.4, 0.5) is 0 Å². The van der Waals surface area contributed by atoms with Crippen molar-refractivity contribution in [1.82, 2.24) is 20.1 Å². The second-order valence-corrected chi connectivity index (χ2v) is 5.31.